The van der Waals surface area contributed by atoms with Crippen molar-refractivity contribution in [1.82, 2.24) is 4.31 Å². The Morgan fingerprint density at radius 2 is 2.05 bits per heavy atom. The number of methoxy groups -OCH3 is 1. The summed E-state index contributed by atoms with van der Waals surface area (Å²) in [7, 11) is -2.52. The fourth-order valence-corrected chi connectivity index (χ4v) is 3.89. The molecule has 112 valence electrons. The molecule has 21 heavy (non-hydrogen) atoms. The molecule has 0 amide bonds. The second-order valence-corrected chi connectivity index (χ2v) is 6.55. The molecule has 7 nitrogen and oxygen atoms in total. The Kier molecular flexibility index (Phi) is 4.27. The molecule has 0 radical (unpaired) electrons. The lowest BCUT2D eigenvalue weighted by atomic mass is 10.2. The highest BCUT2D eigenvalue weighted by atomic mass is 32.2. The average molecular weight is 310 g/mol. The molecule has 0 spiro atoms. The molecule has 1 aromatic carbocycles. The first-order chi connectivity index (χ1) is 9.90. The van der Waals surface area contributed by atoms with E-state index in [1.165, 1.54) is 31.4 Å². The minimum absolute atomic E-state index is 0.00417. The van der Waals surface area contributed by atoms with Crippen molar-refractivity contribution in [2.45, 2.75) is 23.5 Å². The van der Waals surface area contributed by atoms with Crippen LogP contribution in [0.15, 0.2) is 29.2 Å². The molecular weight excluding hydrogens is 296 g/mol. The summed E-state index contributed by atoms with van der Waals surface area (Å²) in [4.78, 5) is 11.2. The highest BCUT2D eigenvalue weighted by Crippen LogP contribution is 2.27. The maximum absolute atomic E-state index is 12.5. The minimum Gasteiger partial charge on any atom is -0.480 e. The van der Waals surface area contributed by atoms with Gasteiger partial charge in [0.1, 0.15) is 6.04 Å². The monoisotopic (exact) mass is 310 g/mol. The molecule has 8 heteroatoms. The van der Waals surface area contributed by atoms with Gasteiger partial charge in [0.15, 0.2) is 0 Å². The zero-order chi connectivity index (χ0) is 15.6. The lowest BCUT2D eigenvalue weighted by molar-refractivity contribution is -0.140. The molecule has 0 bridgehead atoms. The number of hydrogen-bond acceptors (Lipinski definition) is 5. The van der Waals surface area contributed by atoms with Gasteiger partial charge in [-0.2, -0.15) is 9.57 Å². The number of benzene rings is 1. The van der Waals surface area contributed by atoms with Gasteiger partial charge in [-0.15, -0.1) is 0 Å². The smallest absolute Gasteiger partial charge is 0.322 e. The largest absolute Gasteiger partial charge is 0.480 e. The Morgan fingerprint density at radius 1 is 1.43 bits per heavy atom. The number of nitriles is 1. The maximum Gasteiger partial charge on any atom is 0.322 e. The lowest BCUT2D eigenvalue weighted by Crippen LogP contribution is -2.40. The van der Waals surface area contributed by atoms with Gasteiger partial charge < -0.3 is 9.84 Å². The van der Waals surface area contributed by atoms with Crippen LogP contribution >= 0.6 is 0 Å². The Balaban J connectivity index is 2.37. The summed E-state index contributed by atoms with van der Waals surface area (Å²) in [5.41, 5.74) is 0.333. The number of rotatable bonds is 4. The van der Waals surface area contributed by atoms with E-state index in [1.54, 1.807) is 0 Å². The standard InChI is InChI=1S/C13H14N2O5S/c1-20-10-6-12(13(16)17)15(8-10)21(18,19)11-4-2-9(7-14)3-5-11/h2-5,10,12H,6,8H2,1H3,(H,16,17). The molecule has 0 aliphatic carbocycles. The molecule has 1 N–H and O–H groups in total. The molecule has 1 fully saturated rings. The van der Waals surface area contributed by atoms with E-state index in [1.807, 2.05) is 6.07 Å². The van der Waals surface area contributed by atoms with Gasteiger partial charge in [0.05, 0.1) is 22.6 Å². The van der Waals surface area contributed by atoms with Crippen LogP contribution in [-0.2, 0) is 19.6 Å². The lowest BCUT2D eigenvalue weighted by Gasteiger charge is -2.20. The van der Waals surface area contributed by atoms with Crippen LogP contribution in [0.4, 0.5) is 0 Å². The highest BCUT2D eigenvalue weighted by molar-refractivity contribution is 7.89. The number of hydrogen-bond donors (Lipinski definition) is 1. The Morgan fingerprint density at radius 3 is 2.52 bits per heavy atom. The van der Waals surface area contributed by atoms with Gasteiger partial charge in [-0.05, 0) is 24.3 Å². The van der Waals surface area contributed by atoms with Crippen molar-refractivity contribution in [2.75, 3.05) is 13.7 Å². The van der Waals surface area contributed by atoms with E-state index in [2.05, 4.69) is 0 Å². The Labute approximate surface area is 122 Å². The fraction of sp³-hybridized carbons (Fsp3) is 0.385. The van der Waals surface area contributed by atoms with Crippen LogP contribution in [-0.4, -0.2) is 49.6 Å². The van der Waals surface area contributed by atoms with E-state index >= 15 is 0 Å². The van der Waals surface area contributed by atoms with Gasteiger partial charge in [-0.3, -0.25) is 4.79 Å². The number of carboxylic acids is 1. The first-order valence-electron chi connectivity index (χ1n) is 6.17. The van der Waals surface area contributed by atoms with Crippen LogP contribution in [0.25, 0.3) is 0 Å². The third-order valence-electron chi connectivity index (χ3n) is 3.43. The SMILES string of the molecule is COC1CC(C(=O)O)N(S(=O)(=O)c2ccc(C#N)cc2)C1. The summed E-state index contributed by atoms with van der Waals surface area (Å²) < 4.78 is 31.1. The van der Waals surface area contributed by atoms with Crippen LogP contribution in [0, 0.1) is 11.3 Å². The first kappa shape index (κ1) is 15.4. The van der Waals surface area contributed by atoms with Gasteiger partial charge in [-0.25, -0.2) is 8.42 Å². The molecule has 1 aromatic rings. The van der Waals surface area contributed by atoms with Crippen molar-refractivity contribution in [3.63, 3.8) is 0 Å². The molecule has 1 aliphatic rings. The number of carbonyl (C=O) groups is 1. The van der Waals surface area contributed by atoms with Crippen LogP contribution in [0.2, 0.25) is 0 Å². The molecule has 2 rings (SSSR count). The van der Waals surface area contributed by atoms with Crippen molar-refractivity contribution >= 4 is 16.0 Å². The minimum atomic E-state index is -3.94. The topological polar surface area (TPSA) is 108 Å². The van der Waals surface area contributed by atoms with E-state index in [0.29, 0.717) is 5.56 Å². The molecule has 0 aromatic heterocycles. The maximum atomic E-state index is 12.5. The third kappa shape index (κ3) is 2.90. The van der Waals surface area contributed by atoms with Crippen LogP contribution in [0.3, 0.4) is 0 Å². The van der Waals surface area contributed by atoms with Crippen LogP contribution in [0.5, 0.6) is 0 Å². The van der Waals surface area contributed by atoms with Gasteiger partial charge in [0.25, 0.3) is 0 Å². The highest BCUT2D eigenvalue weighted by Gasteiger charge is 2.44. The summed E-state index contributed by atoms with van der Waals surface area (Å²) in [5, 5.41) is 17.9. The Bertz CT molecular complexity index is 678. The van der Waals surface area contributed by atoms with Crippen LogP contribution < -0.4 is 0 Å². The predicted molar refractivity (Wildman–Crippen MR) is 71.9 cm³/mol. The van der Waals surface area contributed by atoms with E-state index in [9.17, 15) is 18.3 Å². The fourth-order valence-electron chi connectivity index (χ4n) is 2.27. The van der Waals surface area contributed by atoms with Gasteiger partial charge in [-0.1, -0.05) is 0 Å². The Hall–Kier alpha value is -1.95. The van der Waals surface area contributed by atoms with Crippen LogP contribution in [0.1, 0.15) is 12.0 Å². The number of ether oxygens (including phenoxy) is 1. The normalized spacial score (nSPS) is 22.9. The van der Waals surface area contributed by atoms with Gasteiger partial charge >= 0.3 is 5.97 Å². The summed E-state index contributed by atoms with van der Waals surface area (Å²) in [6.45, 7) is -0.00417. The molecule has 0 saturated carbocycles. The quantitative estimate of drug-likeness (QED) is 0.863. The number of sulfonamides is 1. The first-order valence-corrected chi connectivity index (χ1v) is 7.61. The molecule has 2 atom stereocenters. The second-order valence-electron chi connectivity index (χ2n) is 4.66. The molecule has 2 unspecified atom stereocenters. The molecule has 1 aliphatic heterocycles. The predicted octanol–water partition coefficient (Wildman–Crippen LogP) is 0.421. The summed E-state index contributed by atoms with van der Waals surface area (Å²) >= 11 is 0. The zero-order valence-corrected chi connectivity index (χ0v) is 12.1. The molecule has 1 saturated heterocycles. The molecule has 1 heterocycles. The van der Waals surface area contributed by atoms with Crippen molar-refractivity contribution in [3.05, 3.63) is 29.8 Å². The summed E-state index contributed by atoms with van der Waals surface area (Å²) in [5.74, 6) is -1.20. The van der Waals surface area contributed by atoms with Gasteiger partial charge in [0, 0.05) is 20.1 Å². The van der Waals surface area contributed by atoms with E-state index in [0.717, 1.165) is 4.31 Å². The van der Waals surface area contributed by atoms with Gasteiger partial charge in [0.2, 0.25) is 10.0 Å². The van der Waals surface area contributed by atoms with Crippen molar-refractivity contribution in [2.24, 2.45) is 0 Å². The van der Waals surface area contributed by atoms with E-state index < -0.39 is 28.1 Å². The third-order valence-corrected chi connectivity index (χ3v) is 5.31. The number of nitrogens with zero attached hydrogens (tertiary/aromatic N) is 2. The summed E-state index contributed by atoms with van der Waals surface area (Å²) in [6, 6.07) is 6.11. The van der Waals surface area contributed by atoms with E-state index in [4.69, 9.17) is 10.00 Å². The molecular formula is C13H14N2O5S. The average Bonchev–Trinajstić information content (AvgIpc) is 2.92. The second kappa shape index (κ2) is 5.81. The summed E-state index contributed by atoms with van der Waals surface area (Å²) in [6.07, 6.45) is -0.333. The zero-order valence-electron chi connectivity index (χ0n) is 11.3. The van der Waals surface area contributed by atoms with Crippen molar-refractivity contribution in [1.29, 1.82) is 5.26 Å². The number of aliphatic carboxylic acids is 1. The van der Waals surface area contributed by atoms with Crippen molar-refractivity contribution in [3.8, 4) is 6.07 Å². The number of carboxylic acid groups (broad SMARTS) is 1. The van der Waals surface area contributed by atoms with Crippen molar-refractivity contribution < 1.29 is 23.1 Å². The van der Waals surface area contributed by atoms with E-state index in [-0.39, 0.29) is 17.9 Å².